The van der Waals surface area contributed by atoms with Crippen LogP contribution in [0.4, 0.5) is 0 Å². The lowest BCUT2D eigenvalue weighted by Crippen LogP contribution is -1.98. The first-order chi connectivity index (χ1) is 10.1. The highest BCUT2D eigenvalue weighted by atomic mass is 35.5. The number of carboxylic acids is 1. The summed E-state index contributed by atoms with van der Waals surface area (Å²) in [5, 5.41) is 12.0. The van der Waals surface area contributed by atoms with E-state index >= 15 is 0 Å². The maximum atomic E-state index is 11.3. The summed E-state index contributed by atoms with van der Waals surface area (Å²) in [6, 6.07) is 12.7. The average molecular weight is 320 g/mol. The fraction of sp³-hybridized carbons (Fsp3) is 0.0625. The molecule has 5 heteroatoms. The van der Waals surface area contributed by atoms with Crippen LogP contribution in [0.15, 0.2) is 42.5 Å². The van der Waals surface area contributed by atoms with Crippen molar-refractivity contribution in [3.8, 4) is 0 Å². The van der Waals surface area contributed by atoms with E-state index in [-0.39, 0.29) is 5.69 Å². The van der Waals surface area contributed by atoms with Crippen molar-refractivity contribution in [1.82, 2.24) is 4.98 Å². The SMILES string of the molecule is O=C(O)c1[nH]c(Cc2ccc(Cl)cc2Cl)c2ccccc12. The van der Waals surface area contributed by atoms with E-state index in [1.807, 2.05) is 24.3 Å². The van der Waals surface area contributed by atoms with Crippen molar-refractivity contribution < 1.29 is 9.90 Å². The lowest BCUT2D eigenvalue weighted by Gasteiger charge is -2.04. The Hall–Kier alpha value is -1.97. The summed E-state index contributed by atoms with van der Waals surface area (Å²) in [6.07, 6.45) is 0.518. The van der Waals surface area contributed by atoms with Crippen LogP contribution in [0.5, 0.6) is 0 Å². The highest BCUT2D eigenvalue weighted by molar-refractivity contribution is 6.35. The summed E-state index contributed by atoms with van der Waals surface area (Å²) >= 11 is 12.1. The van der Waals surface area contributed by atoms with E-state index in [2.05, 4.69) is 4.98 Å². The monoisotopic (exact) mass is 319 g/mol. The molecule has 0 amide bonds. The third-order valence-corrected chi connectivity index (χ3v) is 3.98. The second kappa shape index (κ2) is 5.43. The predicted molar refractivity (Wildman–Crippen MR) is 84.5 cm³/mol. The lowest BCUT2D eigenvalue weighted by atomic mass is 10.1. The Balaban J connectivity index is 2.10. The molecule has 3 rings (SSSR count). The number of aromatic nitrogens is 1. The standard InChI is InChI=1S/C16H11Cl2NO2/c17-10-6-5-9(13(18)8-10)7-14-11-3-1-2-4-12(11)15(19-14)16(20)21/h1-6,8,19H,7H2,(H,20,21). The molecule has 21 heavy (non-hydrogen) atoms. The number of halogens is 2. The average Bonchev–Trinajstić information content (AvgIpc) is 2.81. The zero-order valence-electron chi connectivity index (χ0n) is 10.9. The summed E-state index contributed by atoms with van der Waals surface area (Å²) in [7, 11) is 0. The fourth-order valence-electron chi connectivity index (χ4n) is 2.41. The fourth-order valence-corrected chi connectivity index (χ4v) is 2.89. The topological polar surface area (TPSA) is 53.1 Å². The van der Waals surface area contributed by atoms with Crippen molar-refractivity contribution in [2.45, 2.75) is 6.42 Å². The summed E-state index contributed by atoms with van der Waals surface area (Å²) < 4.78 is 0. The third-order valence-electron chi connectivity index (χ3n) is 3.39. The molecular weight excluding hydrogens is 309 g/mol. The minimum atomic E-state index is -0.973. The highest BCUT2D eigenvalue weighted by Gasteiger charge is 2.15. The molecule has 0 fully saturated rings. The number of hydrogen-bond acceptors (Lipinski definition) is 1. The van der Waals surface area contributed by atoms with Gasteiger partial charge in [0.25, 0.3) is 0 Å². The Morgan fingerprint density at radius 2 is 1.81 bits per heavy atom. The van der Waals surface area contributed by atoms with Crippen LogP contribution in [0.25, 0.3) is 10.8 Å². The van der Waals surface area contributed by atoms with Crippen LogP contribution in [0.1, 0.15) is 21.7 Å². The molecule has 0 saturated heterocycles. The molecule has 0 aliphatic carbocycles. The molecule has 106 valence electrons. The van der Waals surface area contributed by atoms with Crippen molar-refractivity contribution in [3.05, 3.63) is 69.5 Å². The first kappa shape index (κ1) is 14.0. The summed E-state index contributed by atoms with van der Waals surface area (Å²) in [5.74, 6) is -0.973. The summed E-state index contributed by atoms with van der Waals surface area (Å²) in [6.45, 7) is 0. The number of rotatable bonds is 3. The molecule has 0 atom stereocenters. The molecule has 1 heterocycles. The number of H-pyrrole nitrogens is 1. The minimum Gasteiger partial charge on any atom is -0.477 e. The Morgan fingerprint density at radius 1 is 1.10 bits per heavy atom. The van der Waals surface area contributed by atoms with Crippen LogP contribution >= 0.6 is 23.2 Å². The molecule has 0 aliphatic rings. The van der Waals surface area contributed by atoms with Crippen LogP contribution in [0.2, 0.25) is 10.0 Å². The second-order valence-corrected chi connectivity index (χ2v) is 5.59. The predicted octanol–water partition coefficient (Wildman–Crippen LogP) is 4.76. The van der Waals surface area contributed by atoms with Gasteiger partial charge in [0.05, 0.1) is 0 Å². The van der Waals surface area contributed by atoms with Gasteiger partial charge in [-0.15, -0.1) is 0 Å². The van der Waals surface area contributed by atoms with Gasteiger partial charge in [0.1, 0.15) is 5.69 Å². The number of carboxylic acid groups (broad SMARTS) is 1. The van der Waals surface area contributed by atoms with Crippen LogP contribution in [-0.2, 0) is 6.42 Å². The van der Waals surface area contributed by atoms with Gasteiger partial charge in [-0.3, -0.25) is 0 Å². The second-order valence-electron chi connectivity index (χ2n) is 4.74. The van der Waals surface area contributed by atoms with Gasteiger partial charge in [-0.2, -0.15) is 0 Å². The molecule has 0 saturated carbocycles. The quantitative estimate of drug-likeness (QED) is 0.731. The first-order valence-electron chi connectivity index (χ1n) is 6.33. The van der Waals surface area contributed by atoms with Gasteiger partial charge >= 0.3 is 5.97 Å². The van der Waals surface area contributed by atoms with Gasteiger partial charge in [-0.25, -0.2) is 4.79 Å². The third kappa shape index (κ3) is 2.62. The van der Waals surface area contributed by atoms with E-state index < -0.39 is 5.97 Å². The first-order valence-corrected chi connectivity index (χ1v) is 7.08. The van der Waals surface area contributed by atoms with Crippen molar-refractivity contribution >= 4 is 39.9 Å². The van der Waals surface area contributed by atoms with E-state index in [9.17, 15) is 9.90 Å². The van der Waals surface area contributed by atoms with Gasteiger partial charge in [-0.05, 0) is 17.7 Å². The van der Waals surface area contributed by atoms with Crippen LogP contribution < -0.4 is 0 Å². The van der Waals surface area contributed by atoms with E-state index in [1.165, 1.54) is 0 Å². The van der Waals surface area contributed by atoms with Crippen LogP contribution in [0.3, 0.4) is 0 Å². The largest absolute Gasteiger partial charge is 0.477 e. The van der Waals surface area contributed by atoms with Crippen LogP contribution in [0, 0.1) is 0 Å². The zero-order chi connectivity index (χ0) is 15.0. The van der Waals surface area contributed by atoms with Crippen LogP contribution in [-0.4, -0.2) is 16.1 Å². The van der Waals surface area contributed by atoms with Gasteiger partial charge in [0.2, 0.25) is 0 Å². The Bertz CT molecular complexity index is 839. The number of hydrogen-bond donors (Lipinski definition) is 2. The lowest BCUT2D eigenvalue weighted by molar-refractivity contribution is 0.0693. The number of carbonyl (C=O) groups is 1. The maximum absolute atomic E-state index is 11.3. The Kier molecular flexibility index (Phi) is 3.62. The molecule has 0 bridgehead atoms. The molecule has 3 nitrogen and oxygen atoms in total. The molecule has 0 radical (unpaired) electrons. The van der Waals surface area contributed by atoms with Gasteiger partial charge in [-0.1, -0.05) is 53.5 Å². The number of fused-ring (bicyclic) bond motifs is 1. The van der Waals surface area contributed by atoms with E-state index in [4.69, 9.17) is 23.2 Å². The molecule has 0 unspecified atom stereocenters. The van der Waals surface area contributed by atoms with E-state index in [0.717, 1.165) is 16.6 Å². The summed E-state index contributed by atoms with van der Waals surface area (Å²) in [4.78, 5) is 14.3. The highest BCUT2D eigenvalue weighted by Crippen LogP contribution is 2.28. The number of nitrogens with one attached hydrogen (secondary N) is 1. The van der Waals surface area contributed by atoms with Crippen molar-refractivity contribution in [2.24, 2.45) is 0 Å². The van der Waals surface area contributed by atoms with Crippen molar-refractivity contribution in [2.75, 3.05) is 0 Å². The molecular formula is C16H11Cl2NO2. The smallest absolute Gasteiger partial charge is 0.352 e. The zero-order valence-corrected chi connectivity index (χ0v) is 12.4. The normalized spacial score (nSPS) is 11.0. The van der Waals surface area contributed by atoms with Crippen molar-refractivity contribution in [3.63, 3.8) is 0 Å². The van der Waals surface area contributed by atoms with Crippen molar-refractivity contribution in [1.29, 1.82) is 0 Å². The minimum absolute atomic E-state index is 0.200. The molecule has 3 aromatic rings. The summed E-state index contributed by atoms with van der Waals surface area (Å²) in [5.41, 5.74) is 1.92. The van der Waals surface area contributed by atoms with E-state index in [1.54, 1.807) is 18.2 Å². The van der Waals surface area contributed by atoms with E-state index in [0.29, 0.717) is 21.9 Å². The molecule has 2 aromatic carbocycles. The van der Waals surface area contributed by atoms with Gasteiger partial charge < -0.3 is 10.1 Å². The molecule has 0 aliphatic heterocycles. The molecule has 2 N–H and O–H groups in total. The number of benzene rings is 2. The molecule has 1 aromatic heterocycles. The maximum Gasteiger partial charge on any atom is 0.352 e. The Morgan fingerprint density at radius 3 is 2.48 bits per heavy atom. The number of aromatic carboxylic acids is 1. The number of aromatic amines is 1. The molecule has 0 spiro atoms. The van der Waals surface area contributed by atoms with Gasteiger partial charge in [0, 0.05) is 32.9 Å². The Labute approximate surface area is 131 Å². The van der Waals surface area contributed by atoms with Gasteiger partial charge in [0.15, 0.2) is 0 Å².